The second-order valence-corrected chi connectivity index (χ2v) is 4.05. The van der Waals surface area contributed by atoms with E-state index in [1.807, 2.05) is 0 Å². The number of anilines is 1. The first kappa shape index (κ1) is 15.0. The number of nitrogens with one attached hydrogen (secondary N) is 1. The highest BCUT2D eigenvalue weighted by atomic mass is 19.3. The van der Waals surface area contributed by atoms with Gasteiger partial charge in [-0.1, -0.05) is 6.07 Å². The number of halogens is 3. The van der Waals surface area contributed by atoms with Gasteiger partial charge in [-0.25, -0.2) is 9.37 Å². The molecular formula is C14H13F3N2O2. The van der Waals surface area contributed by atoms with Crippen LogP contribution in [0.15, 0.2) is 36.4 Å². The number of ether oxygens (including phenoxy) is 2. The molecule has 7 heteroatoms. The molecule has 0 bridgehead atoms. The van der Waals surface area contributed by atoms with Gasteiger partial charge in [0.25, 0.3) is 0 Å². The molecule has 0 atom stereocenters. The van der Waals surface area contributed by atoms with Gasteiger partial charge in [-0.15, -0.1) is 0 Å². The summed E-state index contributed by atoms with van der Waals surface area (Å²) in [6.07, 6.45) is 0. The van der Waals surface area contributed by atoms with E-state index in [9.17, 15) is 13.2 Å². The van der Waals surface area contributed by atoms with E-state index in [2.05, 4.69) is 15.0 Å². The smallest absolute Gasteiger partial charge is 0.387 e. The van der Waals surface area contributed by atoms with E-state index in [1.54, 1.807) is 18.2 Å². The Bertz CT molecular complexity index is 609. The Morgan fingerprint density at radius 1 is 1.24 bits per heavy atom. The lowest BCUT2D eigenvalue weighted by Gasteiger charge is -2.09. The summed E-state index contributed by atoms with van der Waals surface area (Å²) in [6.45, 7) is -2.72. The van der Waals surface area contributed by atoms with Crippen LogP contribution in [0.5, 0.6) is 11.6 Å². The molecule has 2 rings (SSSR count). The van der Waals surface area contributed by atoms with Crippen LogP contribution < -0.4 is 14.8 Å². The van der Waals surface area contributed by atoms with Gasteiger partial charge < -0.3 is 14.8 Å². The van der Waals surface area contributed by atoms with E-state index in [4.69, 9.17) is 4.74 Å². The van der Waals surface area contributed by atoms with Gasteiger partial charge in [-0.3, -0.25) is 0 Å². The molecule has 1 aromatic heterocycles. The maximum Gasteiger partial charge on any atom is 0.387 e. The number of rotatable bonds is 6. The zero-order chi connectivity index (χ0) is 15.2. The third kappa shape index (κ3) is 4.27. The molecule has 0 aliphatic carbocycles. The summed E-state index contributed by atoms with van der Waals surface area (Å²) in [5.74, 6) is -0.880. The highest BCUT2D eigenvalue weighted by Crippen LogP contribution is 2.23. The average Bonchev–Trinajstić information content (AvgIpc) is 2.47. The largest absolute Gasteiger partial charge is 0.481 e. The molecule has 0 amide bonds. The molecule has 2 aromatic rings. The fourth-order valence-corrected chi connectivity index (χ4v) is 1.66. The molecule has 21 heavy (non-hydrogen) atoms. The summed E-state index contributed by atoms with van der Waals surface area (Å²) in [5, 5.41) is 2.93. The molecular weight excluding hydrogens is 285 g/mol. The normalized spacial score (nSPS) is 10.5. The van der Waals surface area contributed by atoms with Crippen LogP contribution in [0, 0.1) is 5.82 Å². The number of alkyl halides is 2. The van der Waals surface area contributed by atoms with Gasteiger partial charge in [0, 0.05) is 17.8 Å². The lowest BCUT2D eigenvalue weighted by molar-refractivity contribution is -0.0521. The second-order valence-electron chi connectivity index (χ2n) is 4.05. The summed E-state index contributed by atoms with van der Waals surface area (Å²) in [7, 11) is 1.51. The quantitative estimate of drug-likeness (QED) is 0.887. The second kappa shape index (κ2) is 6.83. The van der Waals surface area contributed by atoms with Crippen molar-refractivity contribution < 1.29 is 22.6 Å². The van der Waals surface area contributed by atoms with E-state index in [0.717, 1.165) is 12.1 Å². The Hall–Kier alpha value is -2.44. The fraction of sp³-hybridized carbons (Fsp3) is 0.214. The van der Waals surface area contributed by atoms with Crippen molar-refractivity contribution in [2.75, 3.05) is 12.4 Å². The zero-order valence-electron chi connectivity index (χ0n) is 11.1. The average molecular weight is 298 g/mol. The van der Waals surface area contributed by atoms with Gasteiger partial charge in [0.05, 0.1) is 19.3 Å². The topological polar surface area (TPSA) is 43.4 Å². The minimum atomic E-state index is -3.06. The Morgan fingerprint density at radius 3 is 2.71 bits per heavy atom. The van der Waals surface area contributed by atoms with Crippen molar-refractivity contribution in [3.8, 4) is 11.6 Å². The van der Waals surface area contributed by atoms with Crippen LogP contribution in [0.2, 0.25) is 0 Å². The Morgan fingerprint density at radius 2 is 2.05 bits per heavy atom. The molecule has 0 aliphatic heterocycles. The zero-order valence-corrected chi connectivity index (χ0v) is 11.1. The van der Waals surface area contributed by atoms with Crippen LogP contribution in [0.1, 0.15) is 5.69 Å². The highest BCUT2D eigenvalue weighted by molar-refractivity contribution is 5.47. The molecule has 1 aromatic carbocycles. The van der Waals surface area contributed by atoms with Crippen LogP contribution in [0.4, 0.5) is 18.9 Å². The van der Waals surface area contributed by atoms with E-state index in [0.29, 0.717) is 23.8 Å². The molecule has 0 saturated carbocycles. The minimum absolute atomic E-state index is 0.339. The number of hydrogen-bond donors (Lipinski definition) is 1. The van der Waals surface area contributed by atoms with Gasteiger partial charge in [-0.05, 0) is 18.2 Å². The van der Waals surface area contributed by atoms with E-state index in [1.165, 1.54) is 13.2 Å². The van der Waals surface area contributed by atoms with Crippen molar-refractivity contribution in [1.29, 1.82) is 0 Å². The first-order valence-electron chi connectivity index (χ1n) is 6.06. The molecule has 1 N–H and O–H groups in total. The molecule has 0 fully saturated rings. The molecule has 0 saturated heterocycles. The molecule has 112 valence electrons. The summed E-state index contributed by atoms with van der Waals surface area (Å²) >= 11 is 0. The van der Waals surface area contributed by atoms with Crippen LogP contribution in [0.3, 0.4) is 0 Å². The Balaban J connectivity index is 2.01. The summed E-state index contributed by atoms with van der Waals surface area (Å²) in [4.78, 5) is 4.18. The van der Waals surface area contributed by atoms with Crippen LogP contribution in [-0.4, -0.2) is 18.7 Å². The third-order valence-electron chi connectivity index (χ3n) is 2.61. The van der Waals surface area contributed by atoms with Crippen molar-refractivity contribution >= 4 is 5.69 Å². The van der Waals surface area contributed by atoms with Gasteiger partial charge in [0.1, 0.15) is 0 Å². The maximum atomic E-state index is 13.5. The number of nitrogens with zero attached hydrogens (tertiary/aromatic N) is 1. The third-order valence-corrected chi connectivity index (χ3v) is 2.61. The number of hydrogen-bond acceptors (Lipinski definition) is 4. The van der Waals surface area contributed by atoms with Gasteiger partial charge in [-0.2, -0.15) is 8.78 Å². The molecule has 0 aliphatic rings. The predicted octanol–water partition coefficient (Wildman–Crippen LogP) is 3.44. The van der Waals surface area contributed by atoms with Gasteiger partial charge >= 0.3 is 6.61 Å². The lowest BCUT2D eigenvalue weighted by atomic mass is 10.2. The SMILES string of the molecule is COc1cccc(CNc2ccc(OC(F)F)c(F)c2)n1. The first-order valence-corrected chi connectivity index (χ1v) is 6.06. The summed E-state index contributed by atoms with van der Waals surface area (Å²) in [5.41, 5.74) is 1.13. The van der Waals surface area contributed by atoms with Gasteiger partial charge in [0.2, 0.25) is 5.88 Å². The van der Waals surface area contributed by atoms with Crippen LogP contribution in [-0.2, 0) is 6.54 Å². The van der Waals surface area contributed by atoms with Crippen LogP contribution >= 0.6 is 0 Å². The monoisotopic (exact) mass is 298 g/mol. The van der Waals surface area contributed by atoms with Crippen molar-refractivity contribution in [3.05, 3.63) is 47.9 Å². The molecule has 0 radical (unpaired) electrons. The van der Waals surface area contributed by atoms with E-state index >= 15 is 0 Å². The molecule has 0 spiro atoms. The van der Waals surface area contributed by atoms with Crippen LogP contribution in [0.25, 0.3) is 0 Å². The van der Waals surface area contributed by atoms with Gasteiger partial charge in [0.15, 0.2) is 11.6 Å². The minimum Gasteiger partial charge on any atom is -0.481 e. The standard InChI is InChI=1S/C14H13F3N2O2/c1-20-13-4-2-3-10(19-13)8-18-9-5-6-12(11(15)7-9)21-14(16)17/h2-7,14,18H,8H2,1H3. The van der Waals surface area contributed by atoms with E-state index < -0.39 is 18.2 Å². The summed E-state index contributed by atoms with van der Waals surface area (Å²) in [6, 6.07) is 8.94. The number of aromatic nitrogens is 1. The molecule has 4 nitrogen and oxygen atoms in total. The lowest BCUT2D eigenvalue weighted by Crippen LogP contribution is -2.05. The predicted molar refractivity (Wildman–Crippen MR) is 71.1 cm³/mol. The number of pyridine rings is 1. The van der Waals surface area contributed by atoms with Crippen molar-refractivity contribution in [2.24, 2.45) is 0 Å². The Kier molecular flexibility index (Phi) is 4.86. The molecule has 0 unspecified atom stereocenters. The molecule has 1 heterocycles. The van der Waals surface area contributed by atoms with E-state index in [-0.39, 0.29) is 0 Å². The number of methoxy groups -OCH3 is 1. The first-order chi connectivity index (χ1) is 10.1. The summed E-state index contributed by atoms with van der Waals surface area (Å²) < 4.78 is 46.6. The number of benzene rings is 1. The van der Waals surface area contributed by atoms with Crippen molar-refractivity contribution in [2.45, 2.75) is 13.2 Å². The maximum absolute atomic E-state index is 13.5. The van der Waals surface area contributed by atoms with Crippen molar-refractivity contribution in [3.63, 3.8) is 0 Å². The van der Waals surface area contributed by atoms with Crippen molar-refractivity contribution in [1.82, 2.24) is 4.98 Å². The Labute approximate surface area is 119 Å². The highest BCUT2D eigenvalue weighted by Gasteiger charge is 2.10. The fourth-order valence-electron chi connectivity index (χ4n) is 1.66.